The highest BCUT2D eigenvalue weighted by molar-refractivity contribution is 5.86. The number of hydrogen-bond donors (Lipinski definition) is 3. The number of amides is 2. The number of carboxylic acid groups (broad SMARTS) is 1. The van der Waals surface area contributed by atoms with Gasteiger partial charge in [-0.3, -0.25) is 9.59 Å². The van der Waals surface area contributed by atoms with Crippen LogP contribution >= 0.6 is 0 Å². The van der Waals surface area contributed by atoms with Crippen LogP contribution in [0.15, 0.2) is 48.5 Å². The molecule has 0 spiro atoms. The van der Waals surface area contributed by atoms with Crippen LogP contribution in [0.25, 0.3) is 11.1 Å². The van der Waals surface area contributed by atoms with Gasteiger partial charge >= 0.3 is 12.1 Å². The molecule has 3 N–H and O–H groups in total. The third-order valence-corrected chi connectivity index (χ3v) is 6.41. The number of ether oxygens (including phenoxy) is 2. The van der Waals surface area contributed by atoms with Gasteiger partial charge in [0, 0.05) is 12.5 Å². The summed E-state index contributed by atoms with van der Waals surface area (Å²) >= 11 is 0. The number of hydrogen-bond acceptors (Lipinski definition) is 5. The molecule has 3 atom stereocenters. The molecule has 2 aromatic rings. The van der Waals surface area contributed by atoms with Gasteiger partial charge < -0.3 is 25.2 Å². The van der Waals surface area contributed by atoms with E-state index in [2.05, 4.69) is 22.8 Å². The van der Waals surface area contributed by atoms with E-state index in [1.807, 2.05) is 57.2 Å². The van der Waals surface area contributed by atoms with Crippen molar-refractivity contribution in [2.75, 3.05) is 19.8 Å². The second-order valence-corrected chi connectivity index (χ2v) is 10.1. The molecule has 0 radical (unpaired) electrons. The van der Waals surface area contributed by atoms with E-state index in [9.17, 15) is 14.4 Å². The van der Waals surface area contributed by atoms with Crippen molar-refractivity contribution >= 4 is 18.0 Å². The Kier molecular flexibility index (Phi) is 7.12. The number of nitrogens with one attached hydrogen (secondary N) is 2. The van der Waals surface area contributed by atoms with Crippen LogP contribution in [-0.2, 0) is 19.1 Å². The molecule has 0 aliphatic heterocycles. The van der Waals surface area contributed by atoms with Crippen molar-refractivity contribution in [2.45, 2.75) is 44.8 Å². The van der Waals surface area contributed by atoms with Crippen LogP contribution in [0.1, 0.15) is 44.2 Å². The van der Waals surface area contributed by atoms with Crippen LogP contribution in [0, 0.1) is 11.8 Å². The molecular weight excluding hydrogens is 448 g/mol. The Labute approximate surface area is 205 Å². The number of aliphatic carboxylic acids is 1. The lowest BCUT2D eigenvalue weighted by Crippen LogP contribution is -2.51. The van der Waals surface area contributed by atoms with Gasteiger partial charge in [0.2, 0.25) is 5.91 Å². The topological polar surface area (TPSA) is 114 Å². The Bertz CT molecular complexity index is 1060. The molecule has 0 unspecified atom stereocenters. The zero-order valence-corrected chi connectivity index (χ0v) is 20.2. The number of rotatable bonds is 9. The lowest BCUT2D eigenvalue weighted by molar-refractivity contribution is -0.139. The van der Waals surface area contributed by atoms with E-state index in [1.165, 1.54) is 0 Å². The maximum absolute atomic E-state index is 12.8. The van der Waals surface area contributed by atoms with Gasteiger partial charge in [0.15, 0.2) is 0 Å². The minimum absolute atomic E-state index is 0.0352. The van der Waals surface area contributed by atoms with Crippen molar-refractivity contribution in [3.63, 3.8) is 0 Å². The number of carboxylic acids is 1. The molecule has 0 saturated heterocycles. The SMILES string of the molecule is CC(C)(C)OC[C@H](NC(=O)OCC1c2ccccc2-c2ccccc21)C(=O)NC[C@@H]1C[C@@H]1C(=O)O. The quantitative estimate of drug-likeness (QED) is 0.506. The first-order chi connectivity index (χ1) is 16.6. The Hall–Kier alpha value is -3.39. The molecule has 0 aromatic heterocycles. The Morgan fingerprint density at radius 3 is 2.17 bits per heavy atom. The van der Waals surface area contributed by atoms with Crippen molar-refractivity contribution in [1.29, 1.82) is 0 Å². The second-order valence-electron chi connectivity index (χ2n) is 10.1. The highest BCUT2D eigenvalue weighted by atomic mass is 16.5. The summed E-state index contributed by atoms with van der Waals surface area (Å²) in [5, 5.41) is 14.4. The average Bonchev–Trinajstić information content (AvgIpc) is 3.54. The van der Waals surface area contributed by atoms with Gasteiger partial charge in [-0.15, -0.1) is 0 Å². The van der Waals surface area contributed by atoms with Crippen LogP contribution in [0.2, 0.25) is 0 Å². The van der Waals surface area contributed by atoms with Gasteiger partial charge in [0.1, 0.15) is 12.6 Å². The van der Waals surface area contributed by atoms with Crippen LogP contribution in [0.4, 0.5) is 4.79 Å². The lowest BCUT2D eigenvalue weighted by atomic mass is 9.98. The van der Waals surface area contributed by atoms with Crippen LogP contribution in [0.5, 0.6) is 0 Å². The second kappa shape index (κ2) is 10.1. The predicted octanol–water partition coefficient (Wildman–Crippen LogP) is 3.55. The number of alkyl carbamates (subject to hydrolysis) is 1. The normalized spacial score (nSPS) is 19.3. The largest absolute Gasteiger partial charge is 0.481 e. The lowest BCUT2D eigenvalue weighted by Gasteiger charge is -2.25. The zero-order chi connectivity index (χ0) is 25.2. The molecule has 0 heterocycles. The van der Waals surface area contributed by atoms with Crippen molar-refractivity contribution in [3.05, 3.63) is 59.7 Å². The van der Waals surface area contributed by atoms with Gasteiger partial charge in [-0.05, 0) is 55.4 Å². The summed E-state index contributed by atoms with van der Waals surface area (Å²) in [7, 11) is 0. The number of fused-ring (bicyclic) bond motifs is 3. The van der Waals surface area contributed by atoms with Gasteiger partial charge in [0.05, 0.1) is 18.1 Å². The minimum Gasteiger partial charge on any atom is -0.481 e. The molecule has 0 bridgehead atoms. The minimum atomic E-state index is -0.966. The fourth-order valence-corrected chi connectivity index (χ4v) is 4.43. The van der Waals surface area contributed by atoms with E-state index in [-0.39, 0.29) is 31.6 Å². The highest BCUT2D eigenvalue weighted by Gasteiger charge is 2.43. The zero-order valence-electron chi connectivity index (χ0n) is 20.2. The first-order valence-electron chi connectivity index (χ1n) is 11.9. The summed E-state index contributed by atoms with van der Waals surface area (Å²) in [6.07, 6.45) is -0.169. The van der Waals surface area contributed by atoms with Gasteiger partial charge in [0.25, 0.3) is 0 Å². The molecule has 8 heteroatoms. The molecule has 2 aliphatic rings. The summed E-state index contributed by atoms with van der Waals surface area (Å²) in [6, 6.07) is 15.2. The maximum Gasteiger partial charge on any atom is 0.407 e. The molecule has 1 fully saturated rings. The van der Waals surface area contributed by atoms with Crippen molar-refractivity contribution in [3.8, 4) is 11.1 Å². The van der Waals surface area contributed by atoms with Gasteiger partial charge in [-0.25, -0.2) is 4.79 Å². The van der Waals surface area contributed by atoms with Crippen molar-refractivity contribution in [1.82, 2.24) is 10.6 Å². The van der Waals surface area contributed by atoms with E-state index < -0.39 is 35.5 Å². The smallest absolute Gasteiger partial charge is 0.407 e. The van der Waals surface area contributed by atoms with E-state index in [1.54, 1.807) is 0 Å². The van der Waals surface area contributed by atoms with Gasteiger partial charge in [-0.1, -0.05) is 48.5 Å². The molecule has 1 saturated carbocycles. The Balaban J connectivity index is 1.37. The van der Waals surface area contributed by atoms with Crippen molar-refractivity contribution < 1.29 is 29.0 Å². The van der Waals surface area contributed by atoms with E-state index in [0.717, 1.165) is 22.3 Å². The van der Waals surface area contributed by atoms with E-state index in [0.29, 0.717) is 6.42 Å². The van der Waals surface area contributed by atoms with E-state index in [4.69, 9.17) is 14.6 Å². The fourth-order valence-electron chi connectivity index (χ4n) is 4.43. The Morgan fingerprint density at radius 1 is 1.03 bits per heavy atom. The molecule has 8 nitrogen and oxygen atoms in total. The van der Waals surface area contributed by atoms with Gasteiger partial charge in [-0.2, -0.15) is 0 Å². The number of benzene rings is 2. The van der Waals surface area contributed by atoms with Crippen molar-refractivity contribution in [2.24, 2.45) is 11.8 Å². The molecular formula is C27H32N2O6. The fraction of sp³-hybridized carbons (Fsp3) is 0.444. The monoisotopic (exact) mass is 480 g/mol. The molecule has 186 valence electrons. The third kappa shape index (κ3) is 6.00. The predicted molar refractivity (Wildman–Crippen MR) is 130 cm³/mol. The number of carbonyl (C=O) groups is 3. The standard InChI is InChI=1S/C27H32N2O6/c1-27(2,3)35-15-23(24(30)28-13-16-12-21(16)25(31)32)29-26(33)34-14-22-19-10-6-4-8-17(19)18-9-5-7-11-20(18)22/h4-11,16,21-23H,12-15H2,1-3H3,(H,28,30)(H,29,33)(H,31,32)/t16-,21-,23-/m0/s1. The third-order valence-electron chi connectivity index (χ3n) is 6.41. The molecule has 2 aliphatic carbocycles. The Morgan fingerprint density at radius 2 is 1.63 bits per heavy atom. The highest BCUT2D eigenvalue weighted by Crippen LogP contribution is 2.44. The summed E-state index contributed by atoms with van der Waals surface area (Å²) in [4.78, 5) is 36.5. The summed E-state index contributed by atoms with van der Waals surface area (Å²) in [6.45, 7) is 5.92. The molecule has 2 amide bonds. The first kappa shape index (κ1) is 24.7. The maximum atomic E-state index is 12.8. The number of carbonyl (C=O) groups excluding carboxylic acids is 2. The van der Waals surface area contributed by atoms with E-state index >= 15 is 0 Å². The van der Waals surface area contributed by atoms with Crippen LogP contribution in [0.3, 0.4) is 0 Å². The molecule has 35 heavy (non-hydrogen) atoms. The molecule has 4 rings (SSSR count). The van der Waals surface area contributed by atoms with Crippen LogP contribution in [-0.4, -0.2) is 54.5 Å². The molecule has 2 aromatic carbocycles. The van der Waals surface area contributed by atoms with Crippen LogP contribution < -0.4 is 10.6 Å². The summed E-state index contributed by atoms with van der Waals surface area (Å²) in [5.74, 6) is -1.88. The average molecular weight is 481 g/mol. The first-order valence-corrected chi connectivity index (χ1v) is 11.9. The summed E-state index contributed by atoms with van der Waals surface area (Å²) < 4.78 is 11.3. The summed E-state index contributed by atoms with van der Waals surface area (Å²) in [5.41, 5.74) is 3.96.